The Hall–Kier alpha value is -1.06. The molecule has 3 nitrogen and oxygen atoms in total. The van der Waals surface area contributed by atoms with Crippen LogP contribution in [0, 0.1) is 0 Å². The minimum absolute atomic E-state index is 0.122. The van der Waals surface area contributed by atoms with Crippen LogP contribution >= 0.6 is 0 Å². The molecule has 3 heteroatoms. The molecule has 0 aliphatic carbocycles. The highest BCUT2D eigenvalue weighted by Crippen LogP contribution is 2.17. The lowest BCUT2D eigenvalue weighted by Gasteiger charge is -2.31. The third kappa shape index (κ3) is 4.36. The van der Waals surface area contributed by atoms with Gasteiger partial charge in [0.15, 0.2) is 0 Å². The first-order chi connectivity index (χ1) is 7.99. The van der Waals surface area contributed by atoms with Gasteiger partial charge in [-0.2, -0.15) is 0 Å². The number of hydrogen-bond donors (Lipinski definition) is 2. The monoisotopic (exact) mass is 237 g/mol. The summed E-state index contributed by atoms with van der Waals surface area (Å²) in [4.78, 5) is 0. The van der Waals surface area contributed by atoms with Crippen molar-refractivity contribution in [1.82, 2.24) is 5.32 Å². The summed E-state index contributed by atoms with van der Waals surface area (Å²) in [6.07, 6.45) is 0.797. The minimum atomic E-state index is -0.275. The fourth-order valence-corrected chi connectivity index (χ4v) is 2.04. The number of benzene rings is 1. The molecule has 1 aromatic carbocycles. The average molecular weight is 237 g/mol. The molecule has 0 heterocycles. The maximum atomic E-state index is 9.51. The fourth-order valence-electron chi connectivity index (χ4n) is 2.04. The molecule has 0 saturated carbocycles. The van der Waals surface area contributed by atoms with Gasteiger partial charge in [0.05, 0.1) is 13.7 Å². The molecule has 17 heavy (non-hydrogen) atoms. The van der Waals surface area contributed by atoms with Crippen molar-refractivity contribution in [3.05, 3.63) is 29.8 Å². The van der Waals surface area contributed by atoms with E-state index in [9.17, 15) is 5.11 Å². The number of aliphatic hydroxyl groups excluding tert-OH is 1. The van der Waals surface area contributed by atoms with Crippen LogP contribution in [-0.4, -0.2) is 30.4 Å². The van der Waals surface area contributed by atoms with Gasteiger partial charge >= 0.3 is 0 Å². The SMILES string of the molecule is COc1ccc(CC(C)(CO)NC(C)C)cc1. The molecule has 0 saturated heterocycles. The smallest absolute Gasteiger partial charge is 0.118 e. The molecule has 1 unspecified atom stereocenters. The van der Waals surface area contributed by atoms with Crippen molar-refractivity contribution in [3.8, 4) is 5.75 Å². The third-order valence-electron chi connectivity index (χ3n) is 2.74. The van der Waals surface area contributed by atoms with Crippen LogP contribution in [-0.2, 0) is 6.42 Å². The summed E-state index contributed by atoms with van der Waals surface area (Å²) < 4.78 is 5.13. The molecule has 1 rings (SSSR count). The zero-order valence-corrected chi connectivity index (χ0v) is 11.2. The van der Waals surface area contributed by atoms with Gasteiger partial charge in [-0.15, -0.1) is 0 Å². The van der Waals surface area contributed by atoms with Crippen LogP contribution in [0.1, 0.15) is 26.3 Å². The normalized spacial score (nSPS) is 14.7. The van der Waals surface area contributed by atoms with Crippen molar-refractivity contribution < 1.29 is 9.84 Å². The third-order valence-corrected chi connectivity index (χ3v) is 2.74. The van der Waals surface area contributed by atoms with Crippen molar-refractivity contribution in [3.63, 3.8) is 0 Å². The van der Waals surface area contributed by atoms with E-state index in [2.05, 4.69) is 19.2 Å². The second kappa shape index (κ2) is 6.03. The van der Waals surface area contributed by atoms with Gasteiger partial charge in [0.1, 0.15) is 5.75 Å². The summed E-state index contributed by atoms with van der Waals surface area (Å²) in [5, 5.41) is 12.9. The maximum absolute atomic E-state index is 9.51. The lowest BCUT2D eigenvalue weighted by Crippen LogP contribution is -2.50. The summed E-state index contributed by atoms with van der Waals surface area (Å²) in [5.41, 5.74) is 0.915. The molecule has 1 atom stereocenters. The van der Waals surface area contributed by atoms with Crippen LogP contribution in [0.25, 0.3) is 0 Å². The molecule has 0 amide bonds. The van der Waals surface area contributed by atoms with Gasteiger partial charge in [-0.05, 0) is 31.0 Å². The zero-order valence-electron chi connectivity index (χ0n) is 11.2. The Morgan fingerprint density at radius 3 is 2.29 bits per heavy atom. The Bertz CT molecular complexity index is 335. The quantitative estimate of drug-likeness (QED) is 0.795. The van der Waals surface area contributed by atoms with Crippen LogP contribution in [0.4, 0.5) is 0 Å². The molecular formula is C14H23NO2. The van der Waals surface area contributed by atoms with Gasteiger partial charge < -0.3 is 15.2 Å². The minimum Gasteiger partial charge on any atom is -0.497 e. The van der Waals surface area contributed by atoms with Crippen molar-refractivity contribution in [2.24, 2.45) is 0 Å². The molecule has 1 aromatic rings. The lowest BCUT2D eigenvalue weighted by molar-refractivity contribution is 0.165. The fraction of sp³-hybridized carbons (Fsp3) is 0.571. The molecule has 0 radical (unpaired) electrons. The molecule has 0 spiro atoms. The first-order valence-corrected chi connectivity index (χ1v) is 6.00. The van der Waals surface area contributed by atoms with Crippen molar-refractivity contribution in [2.75, 3.05) is 13.7 Å². The summed E-state index contributed by atoms with van der Waals surface area (Å²) in [6.45, 7) is 6.33. The number of rotatable bonds is 6. The van der Waals surface area contributed by atoms with Crippen LogP contribution in [0.3, 0.4) is 0 Å². The highest BCUT2D eigenvalue weighted by Gasteiger charge is 2.24. The van der Waals surface area contributed by atoms with Crippen molar-refractivity contribution in [2.45, 2.75) is 38.8 Å². The lowest BCUT2D eigenvalue weighted by atomic mass is 9.93. The number of ether oxygens (including phenoxy) is 1. The molecule has 0 aromatic heterocycles. The van der Waals surface area contributed by atoms with Crippen molar-refractivity contribution >= 4 is 0 Å². The predicted octanol–water partition coefficient (Wildman–Crippen LogP) is 1.99. The van der Waals surface area contributed by atoms with Crippen LogP contribution < -0.4 is 10.1 Å². The van der Waals surface area contributed by atoms with E-state index < -0.39 is 0 Å². The van der Waals surface area contributed by atoms with Gasteiger partial charge in [-0.3, -0.25) is 0 Å². The first-order valence-electron chi connectivity index (χ1n) is 6.00. The van der Waals surface area contributed by atoms with Crippen LogP contribution in [0.5, 0.6) is 5.75 Å². The molecular weight excluding hydrogens is 214 g/mol. The molecule has 2 N–H and O–H groups in total. The van der Waals surface area contributed by atoms with E-state index in [1.165, 1.54) is 5.56 Å². The number of nitrogens with one attached hydrogen (secondary N) is 1. The molecule has 96 valence electrons. The summed E-state index contributed by atoms with van der Waals surface area (Å²) in [5.74, 6) is 0.858. The molecule has 0 aliphatic heterocycles. The highest BCUT2D eigenvalue weighted by molar-refractivity contribution is 5.28. The van der Waals surface area contributed by atoms with Gasteiger partial charge in [0.25, 0.3) is 0 Å². The van der Waals surface area contributed by atoms with E-state index >= 15 is 0 Å². The van der Waals surface area contributed by atoms with Gasteiger partial charge in [-0.1, -0.05) is 26.0 Å². The maximum Gasteiger partial charge on any atom is 0.118 e. The van der Waals surface area contributed by atoms with Gasteiger partial charge in [0, 0.05) is 11.6 Å². The Kier molecular flexibility index (Phi) is 4.97. The second-order valence-electron chi connectivity index (χ2n) is 5.04. The summed E-state index contributed by atoms with van der Waals surface area (Å²) in [6, 6.07) is 8.32. The number of methoxy groups -OCH3 is 1. The highest BCUT2D eigenvalue weighted by atomic mass is 16.5. The van der Waals surface area contributed by atoms with E-state index in [0.29, 0.717) is 6.04 Å². The standard InChI is InChI=1S/C14H23NO2/c1-11(2)15-14(3,10-16)9-12-5-7-13(17-4)8-6-12/h5-8,11,15-16H,9-10H2,1-4H3. The summed E-state index contributed by atoms with van der Waals surface area (Å²) in [7, 11) is 1.66. The van der Waals surface area contributed by atoms with Crippen LogP contribution in [0.2, 0.25) is 0 Å². The zero-order chi connectivity index (χ0) is 12.9. The molecule has 0 aliphatic rings. The number of hydrogen-bond acceptors (Lipinski definition) is 3. The second-order valence-corrected chi connectivity index (χ2v) is 5.04. The van der Waals surface area contributed by atoms with Gasteiger partial charge in [0.2, 0.25) is 0 Å². The summed E-state index contributed by atoms with van der Waals surface area (Å²) >= 11 is 0. The number of aliphatic hydroxyl groups is 1. The van der Waals surface area contributed by atoms with E-state index in [1.54, 1.807) is 7.11 Å². The van der Waals surface area contributed by atoms with Gasteiger partial charge in [-0.25, -0.2) is 0 Å². The predicted molar refractivity (Wildman–Crippen MR) is 70.5 cm³/mol. The Morgan fingerprint density at radius 1 is 1.29 bits per heavy atom. The van der Waals surface area contributed by atoms with E-state index in [-0.39, 0.29) is 12.1 Å². The van der Waals surface area contributed by atoms with E-state index in [1.807, 2.05) is 31.2 Å². The Balaban J connectivity index is 2.72. The van der Waals surface area contributed by atoms with Crippen molar-refractivity contribution in [1.29, 1.82) is 0 Å². The average Bonchev–Trinajstić information content (AvgIpc) is 2.29. The Morgan fingerprint density at radius 2 is 1.88 bits per heavy atom. The Labute approximate surface area is 104 Å². The van der Waals surface area contributed by atoms with Crippen LogP contribution in [0.15, 0.2) is 24.3 Å². The molecule has 0 fully saturated rings. The van der Waals surface area contributed by atoms with E-state index in [0.717, 1.165) is 12.2 Å². The topological polar surface area (TPSA) is 41.5 Å². The van der Waals surface area contributed by atoms with E-state index in [4.69, 9.17) is 4.74 Å². The largest absolute Gasteiger partial charge is 0.497 e. The first kappa shape index (κ1) is 14.0. The molecule has 0 bridgehead atoms.